The number of fused-ring (bicyclic) bond motifs is 2. The Balaban J connectivity index is 2.09. The molecule has 3 aromatic rings. The zero-order chi connectivity index (χ0) is 18.7. The molecule has 0 saturated carbocycles. The topological polar surface area (TPSA) is 58.4 Å². The number of nitrogens with zero attached hydrogens (tertiary/aromatic N) is 1. The Morgan fingerprint density at radius 2 is 1.92 bits per heavy atom. The number of nitrogens with two attached hydrogens (primary N) is 1. The molecule has 1 heterocycles. The van der Waals surface area contributed by atoms with Crippen molar-refractivity contribution in [2.75, 3.05) is 31.5 Å². The van der Waals surface area contributed by atoms with Crippen molar-refractivity contribution in [2.24, 2.45) is 5.73 Å². The number of hydrogen-bond acceptors (Lipinski definition) is 5. The normalized spacial score (nSPS) is 11.6. The molecule has 0 radical (unpaired) electrons. The minimum atomic E-state index is 0.0920. The Morgan fingerprint density at radius 1 is 1.15 bits per heavy atom. The number of rotatable bonds is 7. The Labute approximate surface area is 158 Å². The Kier molecular flexibility index (Phi) is 5.91. The summed E-state index contributed by atoms with van der Waals surface area (Å²) in [7, 11) is 0. The number of likely N-dealkylation sites (N-methyl/N-ethyl adjacent to an activating group) is 1. The largest absolute Gasteiger partial charge is 0.383 e. The van der Waals surface area contributed by atoms with E-state index in [9.17, 15) is 4.79 Å². The lowest BCUT2D eigenvalue weighted by molar-refractivity contribution is 0.316. The average molecular weight is 370 g/mol. The van der Waals surface area contributed by atoms with Crippen molar-refractivity contribution in [1.82, 2.24) is 4.90 Å². The number of anilines is 1. The quantitative estimate of drug-likeness (QED) is 0.620. The molecule has 0 unspecified atom stereocenters. The highest BCUT2D eigenvalue weighted by atomic mass is 32.1. The summed E-state index contributed by atoms with van der Waals surface area (Å²) < 4.78 is 2.03. The maximum absolute atomic E-state index is 13.2. The fourth-order valence-corrected chi connectivity index (χ4v) is 4.63. The lowest BCUT2D eigenvalue weighted by atomic mass is 10.1. The first-order valence-corrected chi connectivity index (χ1v) is 10.1. The molecule has 0 fully saturated rings. The van der Waals surface area contributed by atoms with Crippen molar-refractivity contribution < 1.29 is 0 Å². The van der Waals surface area contributed by atoms with E-state index in [2.05, 4.69) is 37.1 Å². The lowest BCUT2D eigenvalue weighted by Gasteiger charge is -2.19. The van der Waals surface area contributed by atoms with Gasteiger partial charge in [-0.1, -0.05) is 26.0 Å². The smallest absolute Gasteiger partial charge is 0.197 e. The number of aryl methyl sites for hydroxylation is 1. The molecule has 26 heavy (non-hydrogen) atoms. The van der Waals surface area contributed by atoms with Crippen LogP contribution in [0.5, 0.6) is 0 Å². The van der Waals surface area contributed by atoms with Gasteiger partial charge in [0.1, 0.15) is 0 Å². The summed E-state index contributed by atoms with van der Waals surface area (Å²) in [5, 5.41) is 5.04. The minimum absolute atomic E-state index is 0.0920. The summed E-state index contributed by atoms with van der Waals surface area (Å²) in [5.74, 6) is 0. The van der Waals surface area contributed by atoms with Crippen LogP contribution in [0.3, 0.4) is 0 Å². The Bertz CT molecular complexity index is 976. The molecule has 5 heteroatoms. The first-order valence-electron chi connectivity index (χ1n) is 9.24. The first kappa shape index (κ1) is 18.8. The fourth-order valence-electron chi connectivity index (χ4n) is 3.31. The molecule has 0 aliphatic carbocycles. The summed E-state index contributed by atoms with van der Waals surface area (Å²) in [6.45, 7) is 10.7. The van der Waals surface area contributed by atoms with Crippen molar-refractivity contribution in [3.05, 3.63) is 51.7 Å². The van der Waals surface area contributed by atoms with Crippen LogP contribution in [0.1, 0.15) is 25.0 Å². The molecule has 0 amide bonds. The van der Waals surface area contributed by atoms with Gasteiger partial charge in [0.2, 0.25) is 0 Å². The molecule has 4 nitrogen and oxygen atoms in total. The molecule has 1 aromatic heterocycles. The van der Waals surface area contributed by atoms with E-state index in [0.29, 0.717) is 6.54 Å². The first-order chi connectivity index (χ1) is 12.6. The molecule has 0 aliphatic rings. The predicted molar refractivity (Wildman–Crippen MR) is 115 cm³/mol. The summed E-state index contributed by atoms with van der Waals surface area (Å²) in [4.78, 5) is 15.6. The monoisotopic (exact) mass is 369 g/mol. The van der Waals surface area contributed by atoms with Gasteiger partial charge in [-0.2, -0.15) is 0 Å². The second kappa shape index (κ2) is 8.16. The predicted octanol–water partition coefficient (Wildman–Crippen LogP) is 3.94. The zero-order valence-electron chi connectivity index (χ0n) is 15.8. The minimum Gasteiger partial charge on any atom is -0.383 e. The maximum Gasteiger partial charge on any atom is 0.197 e. The molecule has 3 N–H and O–H groups in total. The van der Waals surface area contributed by atoms with Crippen LogP contribution in [-0.4, -0.2) is 31.1 Å². The van der Waals surface area contributed by atoms with E-state index in [1.807, 2.05) is 24.3 Å². The third-order valence-corrected chi connectivity index (χ3v) is 6.15. The molecule has 3 rings (SSSR count). The van der Waals surface area contributed by atoms with E-state index in [-0.39, 0.29) is 5.43 Å². The molecule has 0 aliphatic heterocycles. The van der Waals surface area contributed by atoms with Crippen LogP contribution in [0.4, 0.5) is 5.69 Å². The molecule has 0 saturated heterocycles. The van der Waals surface area contributed by atoms with Gasteiger partial charge in [-0.05, 0) is 49.3 Å². The number of benzene rings is 2. The SMILES string of the molecule is CCN(CC)CCNc1ccc(CN)c2sc3cc(C)ccc3c(=O)c12. The van der Waals surface area contributed by atoms with E-state index in [1.165, 1.54) is 0 Å². The highest BCUT2D eigenvalue weighted by molar-refractivity contribution is 7.24. The molecule has 0 spiro atoms. The van der Waals surface area contributed by atoms with Gasteiger partial charge in [-0.15, -0.1) is 11.3 Å². The molecular weight excluding hydrogens is 342 g/mol. The standard InChI is InChI=1S/C21H27N3OS/c1-4-24(5-2)11-10-23-17-9-7-15(13-22)21-19(17)20(25)16-8-6-14(3)12-18(16)26-21/h6-9,12,23H,4-5,10-11,13,22H2,1-3H3. The molecular formula is C21H27N3OS. The molecule has 138 valence electrons. The van der Waals surface area contributed by atoms with Crippen LogP contribution >= 0.6 is 11.3 Å². The maximum atomic E-state index is 13.2. The van der Waals surface area contributed by atoms with Gasteiger partial charge in [-0.3, -0.25) is 4.79 Å². The van der Waals surface area contributed by atoms with E-state index in [1.54, 1.807) is 11.3 Å². The van der Waals surface area contributed by atoms with E-state index in [0.717, 1.165) is 63.2 Å². The van der Waals surface area contributed by atoms with Crippen LogP contribution in [0.2, 0.25) is 0 Å². The van der Waals surface area contributed by atoms with Gasteiger partial charge in [0, 0.05) is 40.1 Å². The van der Waals surface area contributed by atoms with Crippen molar-refractivity contribution in [1.29, 1.82) is 0 Å². The van der Waals surface area contributed by atoms with Crippen LogP contribution in [0.25, 0.3) is 20.2 Å². The second-order valence-electron chi connectivity index (χ2n) is 6.56. The lowest BCUT2D eigenvalue weighted by Crippen LogP contribution is -2.28. The van der Waals surface area contributed by atoms with E-state index in [4.69, 9.17) is 5.73 Å². The summed E-state index contributed by atoms with van der Waals surface area (Å²) in [6, 6.07) is 10.1. The van der Waals surface area contributed by atoms with Gasteiger partial charge in [0.15, 0.2) is 5.43 Å². The van der Waals surface area contributed by atoms with E-state index >= 15 is 0 Å². The Hall–Kier alpha value is -1.95. The Morgan fingerprint density at radius 3 is 2.62 bits per heavy atom. The third-order valence-electron chi connectivity index (χ3n) is 4.92. The van der Waals surface area contributed by atoms with Crippen molar-refractivity contribution >= 4 is 37.2 Å². The van der Waals surface area contributed by atoms with Crippen LogP contribution in [0, 0.1) is 6.92 Å². The van der Waals surface area contributed by atoms with Gasteiger partial charge >= 0.3 is 0 Å². The van der Waals surface area contributed by atoms with Gasteiger partial charge in [0.25, 0.3) is 0 Å². The van der Waals surface area contributed by atoms with Gasteiger partial charge in [0.05, 0.1) is 5.39 Å². The van der Waals surface area contributed by atoms with E-state index < -0.39 is 0 Å². The molecule has 2 aromatic carbocycles. The summed E-state index contributed by atoms with van der Waals surface area (Å²) in [6.07, 6.45) is 0. The molecule has 0 bridgehead atoms. The fraction of sp³-hybridized carbons (Fsp3) is 0.381. The summed E-state index contributed by atoms with van der Waals surface area (Å²) in [5.41, 5.74) is 9.14. The number of nitrogens with one attached hydrogen (secondary N) is 1. The van der Waals surface area contributed by atoms with Crippen LogP contribution in [0.15, 0.2) is 35.1 Å². The average Bonchev–Trinajstić information content (AvgIpc) is 2.65. The third kappa shape index (κ3) is 3.61. The van der Waals surface area contributed by atoms with Crippen molar-refractivity contribution in [3.63, 3.8) is 0 Å². The van der Waals surface area contributed by atoms with Crippen LogP contribution in [-0.2, 0) is 6.54 Å². The van der Waals surface area contributed by atoms with Crippen molar-refractivity contribution in [3.8, 4) is 0 Å². The zero-order valence-corrected chi connectivity index (χ0v) is 16.6. The second-order valence-corrected chi connectivity index (χ2v) is 7.62. The highest BCUT2D eigenvalue weighted by Gasteiger charge is 2.13. The molecule has 0 atom stereocenters. The van der Waals surface area contributed by atoms with Gasteiger partial charge < -0.3 is 16.0 Å². The highest BCUT2D eigenvalue weighted by Crippen LogP contribution is 2.32. The van der Waals surface area contributed by atoms with Crippen LogP contribution < -0.4 is 16.5 Å². The van der Waals surface area contributed by atoms with Gasteiger partial charge in [-0.25, -0.2) is 0 Å². The van der Waals surface area contributed by atoms with Crippen molar-refractivity contribution in [2.45, 2.75) is 27.3 Å². The summed E-state index contributed by atoms with van der Waals surface area (Å²) >= 11 is 1.66. The number of hydrogen-bond donors (Lipinski definition) is 2.